The molecule has 0 unspecified atom stereocenters. The van der Waals surface area contributed by atoms with Gasteiger partial charge < -0.3 is 15.2 Å². The third kappa shape index (κ3) is 5.25. The Hall–Kier alpha value is -0.980. The van der Waals surface area contributed by atoms with Crippen LogP contribution in [-0.2, 0) is 22.6 Å². The van der Waals surface area contributed by atoms with E-state index in [1.165, 1.54) is 0 Å². The van der Waals surface area contributed by atoms with Crippen molar-refractivity contribution in [2.24, 2.45) is 5.73 Å². The molecule has 1 aromatic rings. The van der Waals surface area contributed by atoms with Crippen LogP contribution in [0.5, 0.6) is 0 Å². The maximum atomic E-state index is 5.52. The Morgan fingerprint density at radius 2 is 2.18 bits per heavy atom. The zero-order chi connectivity index (χ0) is 12.7. The van der Waals surface area contributed by atoms with E-state index in [0.717, 1.165) is 12.1 Å². The van der Waals surface area contributed by atoms with Gasteiger partial charge in [-0.15, -0.1) is 5.10 Å². The second-order valence-corrected chi connectivity index (χ2v) is 4.50. The molecule has 0 aliphatic rings. The first kappa shape index (κ1) is 14.1. The van der Waals surface area contributed by atoms with Crippen molar-refractivity contribution in [2.75, 3.05) is 20.3 Å². The summed E-state index contributed by atoms with van der Waals surface area (Å²) in [5.74, 6) is 0. The first-order valence-electron chi connectivity index (χ1n) is 5.79. The van der Waals surface area contributed by atoms with E-state index in [-0.39, 0.29) is 5.60 Å². The largest absolute Gasteiger partial charge is 0.379 e. The summed E-state index contributed by atoms with van der Waals surface area (Å²) in [6.07, 6.45) is 2.71. The summed E-state index contributed by atoms with van der Waals surface area (Å²) in [4.78, 5) is 0. The highest BCUT2D eigenvalue weighted by Crippen LogP contribution is 2.12. The average molecular weight is 242 g/mol. The lowest BCUT2D eigenvalue weighted by atomic mass is 10.1. The fourth-order valence-electron chi connectivity index (χ4n) is 1.22. The summed E-state index contributed by atoms with van der Waals surface area (Å²) in [7, 11) is 1.71. The van der Waals surface area contributed by atoms with Gasteiger partial charge in [-0.3, -0.25) is 0 Å². The van der Waals surface area contributed by atoms with Gasteiger partial charge in [0.25, 0.3) is 0 Å². The molecule has 0 bridgehead atoms. The highest BCUT2D eigenvalue weighted by molar-refractivity contribution is 4.90. The van der Waals surface area contributed by atoms with E-state index in [4.69, 9.17) is 15.2 Å². The molecule has 1 heterocycles. The molecule has 0 amide bonds. The molecule has 0 saturated heterocycles. The Kier molecular flexibility index (Phi) is 5.54. The van der Waals surface area contributed by atoms with Gasteiger partial charge in [0.2, 0.25) is 0 Å². The normalized spacial score (nSPS) is 12.0. The summed E-state index contributed by atoms with van der Waals surface area (Å²) in [5, 5.41) is 7.83. The van der Waals surface area contributed by atoms with Crippen molar-refractivity contribution < 1.29 is 9.47 Å². The standard InChI is InChI=1S/C11H22N4O2/c1-11(2,16-3)4-6-17-7-5-15-9-10(8-12)13-14-15/h9H,4-8,12H2,1-3H3. The Morgan fingerprint density at radius 1 is 1.41 bits per heavy atom. The fraction of sp³-hybridized carbons (Fsp3) is 0.818. The third-order valence-corrected chi connectivity index (χ3v) is 2.66. The lowest BCUT2D eigenvalue weighted by Gasteiger charge is -2.22. The van der Waals surface area contributed by atoms with Crippen LogP contribution in [0.1, 0.15) is 26.0 Å². The molecule has 17 heavy (non-hydrogen) atoms. The highest BCUT2D eigenvalue weighted by Gasteiger charge is 2.15. The van der Waals surface area contributed by atoms with Gasteiger partial charge in [-0.05, 0) is 20.3 Å². The highest BCUT2D eigenvalue weighted by atomic mass is 16.5. The summed E-state index contributed by atoms with van der Waals surface area (Å²) < 4.78 is 12.6. The number of hydrogen-bond acceptors (Lipinski definition) is 5. The topological polar surface area (TPSA) is 75.2 Å². The van der Waals surface area contributed by atoms with Gasteiger partial charge in [0.15, 0.2) is 0 Å². The van der Waals surface area contributed by atoms with Crippen molar-refractivity contribution in [2.45, 2.75) is 39.0 Å². The van der Waals surface area contributed by atoms with Crippen LogP contribution in [0.4, 0.5) is 0 Å². The van der Waals surface area contributed by atoms with Gasteiger partial charge in [-0.2, -0.15) is 0 Å². The Balaban J connectivity index is 2.12. The molecule has 98 valence electrons. The van der Waals surface area contributed by atoms with E-state index in [0.29, 0.717) is 26.3 Å². The predicted molar refractivity (Wildman–Crippen MR) is 64.4 cm³/mol. The molecule has 0 saturated carbocycles. The molecule has 0 fully saturated rings. The molecule has 6 heteroatoms. The first-order valence-corrected chi connectivity index (χ1v) is 5.79. The molecule has 0 atom stereocenters. The Labute approximate surface area is 102 Å². The molecular formula is C11H22N4O2. The molecule has 0 aliphatic carbocycles. The first-order chi connectivity index (χ1) is 8.07. The molecular weight excluding hydrogens is 220 g/mol. The quantitative estimate of drug-likeness (QED) is 0.674. The van der Waals surface area contributed by atoms with E-state index in [1.54, 1.807) is 11.8 Å². The van der Waals surface area contributed by atoms with Gasteiger partial charge in [0.1, 0.15) is 0 Å². The maximum Gasteiger partial charge on any atom is 0.0962 e. The monoisotopic (exact) mass is 242 g/mol. The van der Waals surface area contributed by atoms with Crippen molar-refractivity contribution in [3.8, 4) is 0 Å². The minimum atomic E-state index is -0.125. The number of aromatic nitrogens is 3. The van der Waals surface area contributed by atoms with Crippen molar-refractivity contribution >= 4 is 0 Å². The lowest BCUT2D eigenvalue weighted by Crippen LogP contribution is -2.24. The zero-order valence-corrected chi connectivity index (χ0v) is 10.8. The Morgan fingerprint density at radius 3 is 2.76 bits per heavy atom. The second-order valence-electron chi connectivity index (χ2n) is 4.50. The van der Waals surface area contributed by atoms with E-state index in [9.17, 15) is 0 Å². The number of nitrogens with zero attached hydrogens (tertiary/aromatic N) is 3. The fourth-order valence-corrected chi connectivity index (χ4v) is 1.22. The Bertz CT molecular complexity index is 325. The molecule has 0 aliphatic heterocycles. The van der Waals surface area contributed by atoms with E-state index in [1.807, 2.05) is 20.0 Å². The molecule has 1 aromatic heterocycles. The van der Waals surface area contributed by atoms with E-state index >= 15 is 0 Å². The lowest BCUT2D eigenvalue weighted by molar-refractivity contribution is -0.0108. The molecule has 0 radical (unpaired) electrons. The average Bonchev–Trinajstić information content (AvgIpc) is 2.76. The SMILES string of the molecule is COC(C)(C)CCOCCn1cc(CN)nn1. The number of rotatable bonds is 8. The predicted octanol–water partition coefficient (Wildman–Crippen LogP) is 0.568. The van der Waals surface area contributed by atoms with Gasteiger partial charge in [0, 0.05) is 26.5 Å². The van der Waals surface area contributed by atoms with Crippen LogP contribution in [0.25, 0.3) is 0 Å². The van der Waals surface area contributed by atoms with Gasteiger partial charge in [0.05, 0.1) is 24.4 Å². The van der Waals surface area contributed by atoms with E-state index in [2.05, 4.69) is 10.3 Å². The van der Waals surface area contributed by atoms with Crippen molar-refractivity contribution in [1.29, 1.82) is 0 Å². The van der Waals surface area contributed by atoms with Gasteiger partial charge in [-0.1, -0.05) is 5.21 Å². The minimum absolute atomic E-state index is 0.125. The van der Waals surface area contributed by atoms with Crippen LogP contribution >= 0.6 is 0 Å². The molecule has 2 N–H and O–H groups in total. The maximum absolute atomic E-state index is 5.52. The molecule has 0 aromatic carbocycles. The summed E-state index contributed by atoms with van der Waals surface area (Å²) in [6.45, 7) is 6.50. The summed E-state index contributed by atoms with van der Waals surface area (Å²) in [5.41, 5.74) is 6.11. The number of hydrogen-bond donors (Lipinski definition) is 1. The van der Waals surface area contributed by atoms with Crippen LogP contribution in [0.15, 0.2) is 6.20 Å². The third-order valence-electron chi connectivity index (χ3n) is 2.66. The molecule has 1 rings (SSSR count). The van der Waals surface area contributed by atoms with Crippen LogP contribution < -0.4 is 5.73 Å². The van der Waals surface area contributed by atoms with Crippen molar-refractivity contribution in [1.82, 2.24) is 15.0 Å². The summed E-state index contributed by atoms with van der Waals surface area (Å²) >= 11 is 0. The van der Waals surface area contributed by atoms with Crippen molar-refractivity contribution in [3.05, 3.63) is 11.9 Å². The zero-order valence-electron chi connectivity index (χ0n) is 10.8. The van der Waals surface area contributed by atoms with E-state index < -0.39 is 0 Å². The van der Waals surface area contributed by atoms with Gasteiger partial charge >= 0.3 is 0 Å². The number of nitrogens with two attached hydrogens (primary N) is 1. The van der Waals surface area contributed by atoms with Gasteiger partial charge in [-0.25, -0.2) is 4.68 Å². The smallest absolute Gasteiger partial charge is 0.0962 e. The van der Waals surface area contributed by atoms with Crippen LogP contribution in [0, 0.1) is 0 Å². The van der Waals surface area contributed by atoms with Crippen molar-refractivity contribution in [3.63, 3.8) is 0 Å². The second kappa shape index (κ2) is 6.68. The molecule has 0 spiro atoms. The van der Waals surface area contributed by atoms with Crippen LogP contribution in [0.2, 0.25) is 0 Å². The van der Waals surface area contributed by atoms with Crippen LogP contribution in [0.3, 0.4) is 0 Å². The summed E-state index contributed by atoms with van der Waals surface area (Å²) in [6, 6.07) is 0. The molecule has 6 nitrogen and oxygen atoms in total. The van der Waals surface area contributed by atoms with Crippen LogP contribution in [-0.4, -0.2) is 40.9 Å². The minimum Gasteiger partial charge on any atom is -0.379 e. The number of ether oxygens (including phenoxy) is 2. The number of methoxy groups -OCH3 is 1.